The number of aromatic hydroxyl groups is 1. The molecule has 0 radical (unpaired) electrons. The maximum Gasteiger partial charge on any atom is 0.123 e. The molecule has 0 heterocycles. The van der Waals surface area contributed by atoms with Crippen LogP contribution in [0.3, 0.4) is 0 Å². The first kappa shape index (κ1) is 13.1. The van der Waals surface area contributed by atoms with Gasteiger partial charge in [0.2, 0.25) is 0 Å². The number of halogens is 1. The third kappa shape index (κ3) is 3.17. The molecule has 20 heavy (non-hydrogen) atoms. The van der Waals surface area contributed by atoms with Crippen molar-refractivity contribution in [2.24, 2.45) is 5.92 Å². The van der Waals surface area contributed by atoms with Gasteiger partial charge in [-0.3, -0.25) is 0 Å². The van der Waals surface area contributed by atoms with Crippen LogP contribution in [-0.4, -0.2) is 5.11 Å². The molecule has 1 unspecified atom stereocenters. The monoisotopic (exact) mass is 271 g/mol. The van der Waals surface area contributed by atoms with Crippen LogP contribution in [0.1, 0.15) is 30.0 Å². The summed E-state index contributed by atoms with van der Waals surface area (Å²) >= 11 is 0. The van der Waals surface area contributed by atoms with Crippen LogP contribution in [0.25, 0.3) is 0 Å². The Balaban J connectivity index is 1.68. The van der Waals surface area contributed by atoms with E-state index in [1.54, 1.807) is 12.1 Å². The predicted molar refractivity (Wildman–Crippen MR) is 76.8 cm³/mol. The van der Waals surface area contributed by atoms with Gasteiger partial charge < -0.3 is 10.4 Å². The molecular weight excluding hydrogens is 253 g/mol. The van der Waals surface area contributed by atoms with Crippen LogP contribution in [0.4, 0.5) is 4.39 Å². The molecule has 2 aromatic carbocycles. The van der Waals surface area contributed by atoms with E-state index in [2.05, 4.69) is 5.32 Å². The van der Waals surface area contributed by atoms with Crippen molar-refractivity contribution in [3.05, 3.63) is 65.5 Å². The molecular formula is C17H18FNO. The summed E-state index contributed by atoms with van der Waals surface area (Å²) in [6.45, 7) is 0.749. The molecule has 2 nitrogen and oxygen atoms in total. The minimum absolute atomic E-state index is 0.193. The van der Waals surface area contributed by atoms with Gasteiger partial charge in [0.05, 0.1) is 0 Å². The van der Waals surface area contributed by atoms with Crippen molar-refractivity contribution < 1.29 is 9.50 Å². The van der Waals surface area contributed by atoms with Crippen molar-refractivity contribution in [1.29, 1.82) is 0 Å². The first-order valence-electron chi connectivity index (χ1n) is 6.99. The third-order valence-electron chi connectivity index (χ3n) is 3.78. The number of phenolic OH excluding ortho intramolecular Hbond substituents is 1. The summed E-state index contributed by atoms with van der Waals surface area (Å²) < 4.78 is 13.0. The SMILES string of the molecule is Oc1ccc(CNC(c2ccc(F)cc2)C2CC2)cc1. The first-order valence-corrected chi connectivity index (χ1v) is 6.99. The molecule has 1 saturated carbocycles. The van der Waals surface area contributed by atoms with E-state index in [-0.39, 0.29) is 17.6 Å². The van der Waals surface area contributed by atoms with Gasteiger partial charge in [0.25, 0.3) is 0 Å². The molecule has 0 aliphatic heterocycles. The van der Waals surface area contributed by atoms with Crippen LogP contribution in [0, 0.1) is 11.7 Å². The molecule has 3 rings (SSSR count). The van der Waals surface area contributed by atoms with Crippen molar-refractivity contribution in [2.45, 2.75) is 25.4 Å². The highest BCUT2D eigenvalue weighted by Gasteiger charge is 2.31. The van der Waals surface area contributed by atoms with E-state index >= 15 is 0 Å². The van der Waals surface area contributed by atoms with Crippen LogP contribution in [0.2, 0.25) is 0 Å². The van der Waals surface area contributed by atoms with E-state index in [1.807, 2.05) is 24.3 Å². The zero-order valence-corrected chi connectivity index (χ0v) is 11.2. The van der Waals surface area contributed by atoms with E-state index in [4.69, 9.17) is 0 Å². The Bertz CT molecular complexity index is 561. The zero-order chi connectivity index (χ0) is 13.9. The van der Waals surface area contributed by atoms with Crippen LogP contribution in [0.5, 0.6) is 5.75 Å². The first-order chi connectivity index (χ1) is 9.72. The fourth-order valence-electron chi connectivity index (χ4n) is 2.50. The van der Waals surface area contributed by atoms with Gasteiger partial charge in [-0.05, 0) is 54.2 Å². The van der Waals surface area contributed by atoms with Gasteiger partial charge in [-0.2, -0.15) is 0 Å². The summed E-state index contributed by atoms with van der Waals surface area (Å²) in [5, 5.41) is 12.8. The molecule has 2 N–H and O–H groups in total. The van der Waals surface area contributed by atoms with E-state index in [1.165, 1.54) is 25.0 Å². The van der Waals surface area contributed by atoms with Gasteiger partial charge in [0, 0.05) is 12.6 Å². The van der Waals surface area contributed by atoms with E-state index in [0.717, 1.165) is 17.7 Å². The van der Waals surface area contributed by atoms with Crippen LogP contribution in [0.15, 0.2) is 48.5 Å². The van der Waals surface area contributed by atoms with Gasteiger partial charge in [-0.1, -0.05) is 24.3 Å². The van der Waals surface area contributed by atoms with Gasteiger partial charge in [-0.15, -0.1) is 0 Å². The van der Waals surface area contributed by atoms with Crippen molar-refractivity contribution in [1.82, 2.24) is 5.32 Å². The second-order valence-electron chi connectivity index (χ2n) is 5.41. The van der Waals surface area contributed by atoms with E-state index in [0.29, 0.717) is 5.92 Å². The van der Waals surface area contributed by atoms with E-state index in [9.17, 15) is 9.50 Å². The van der Waals surface area contributed by atoms with E-state index < -0.39 is 0 Å². The Morgan fingerprint density at radius 3 is 2.30 bits per heavy atom. The molecule has 0 saturated heterocycles. The molecule has 1 aliphatic rings. The van der Waals surface area contributed by atoms with Crippen LogP contribution < -0.4 is 5.32 Å². The van der Waals surface area contributed by atoms with Crippen molar-refractivity contribution in [3.63, 3.8) is 0 Å². The molecule has 1 aliphatic carbocycles. The lowest BCUT2D eigenvalue weighted by Crippen LogP contribution is -2.22. The van der Waals surface area contributed by atoms with Gasteiger partial charge in [-0.25, -0.2) is 4.39 Å². The Labute approximate surface area is 118 Å². The van der Waals surface area contributed by atoms with Gasteiger partial charge >= 0.3 is 0 Å². The Morgan fingerprint density at radius 1 is 1.05 bits per heavy atom. The Hall–Kier alpha value is -1.87. The largest absolute Gasteiger partial charge is 0.508 e. The maximum atomic E-state index is 13.0. The summed E-state index contributed by atoms with van der Waals surface area (Å²) in [4.78, 5) is 0. The summed E-state index contributed by atoms with van der Waals surface area (Å²) in [6, 6.07) is 14.3. The number of hydrogen-bond acceptors (Lipinski definition) is 2. The highest BCUT2D eigenvalue weighted by atomic mass is 19.1. The molecule has 0 aromatic heterocycles. The Morgan fingerprint density at radius 2 is 1.70 bits per heavy atom. The van der Waals surface area contributed by atoms with Crippen molar-refractivity contribution in [3.8, 4) is 5.75 Å². The second kappa shape index (κ2) is 5.63. The summed E-state index contributed by atoms with van der Waals surface area (Å²) in [6.07, 6.45) is 2.45. The third-order valence-corrected chi connectivity index (χ3v) is 3.78. The molecule has 0 spiro atoms. The molecule has 0 amide bonds. The zero-order valence-electron chi connectivity index (χ0n) is 11.2. The van der Waals surface area contributed by atoms with Gasteiger partial charge in [0.1, 0.15) is 11.6 Å². The molecule has 0 bridgehead atoms. The number of hydrogen-bond donors (Lipinski definition) is 2. The highest BCUT2D eigenvalue weighted by molar-refractivity contribution is 5.27. The number of phenols is 1. The standard InChI is InChI=1S/C17H18FNO/c18-15-7-5-14(6-8-15)17(13-3-4-13)19-11-12-1-9-16(20)10-2-12/h1-2,5-10,13,17,19-20H,3-4,11H2. The lowest BCUT2D eigenvalue weighted by Gasteiger charge is -2.19. The predicted octanol–water partition coefficient (Wildman–Crippen LogP) is 3.77. The smallest absolute Gasteiger partial charge is 0.123 e. The fraction of sp³-hybridized carbons (Fsp3) is 0.294. The minimum atomic E-state index is -0.193. The molecule has 2 aromatic rings. The van der Waals surface area contributed by atoms with Gasteiger partial charge in [0.15, 0.2) is 0 Å². The van der Waals surface area contributed by atoms with Crippen molar-refractivity contribution in [2.75, 3.05) is 0 Å². The summed E-state index contributed by atoms with van der Waals surface area (Å²) in [5.74, 6) is 0.741. The molecule has 1 fully saturated rings. The number of rotatable bonds is 5. The lowest BCUT2D eigenvalue weighted by atomic mass is 10.0. The lowest BCUT2D eigenvalue weighted by molar-refractivity contribution is 0.471. The topological polar surface area (TPSA) is 32.3 Å². The summed E-state index contributed by atoms with van der Waals surface area (Å²) in [7, 11) is 0. The number of nitrogens with one attached hydrogen (secondary N) is 1. The average Bonchev–Trinajstić information content (AvgIpc) is 3.28. The molecule has 1 atom stereocenters. The van der Waals surface area contributed by atoms with Crippen LogP contribution >= 0.6 is 0 Å². The second-order valence-corrected chi connectivity index (χ2v) is 5.41. The maximum absolute atomic E-state index is 13.0. The Kier molecular flexibility index (Phi) is 3.70. The summed E-state index contributed by atoms with van der Waals surface area (Å²) in [5.41, 5.74) is 2.28. The highest BCUT2D eigenvalue weighted by Crippen LogP contribution is 2.41. The minimum Gasteiger partial charge on any atom is -0.508 e. The number of benzene rings is 2. The normalized spacial score (nSPS) is 16.1. The van der Waals surface area contributed by atoms with Crippen molar-refractivity contribution >= 4 is 0 Å². The molecule has 3 heteroatoms. The quantitative estimate of drug-likeness (QED) is 0.867. The average molecular weight is 271 g/mol. The fourth-order valence-corrected chi connectivity index (χ4v) is 2.50. The molecule has 104 valence electrons. The van der Waals surface area contributed by atoms with Crippen LogP contribution in [-0.2, 0) is 6.54 Å².